The zero-order valence-electron chi connectivity index (χ0n) is 31.4. The van der Waals surface area contributed by atoms with Gasteiger partial charge in [-0.3, -0.25) is 0 Å². The fourth-order valence-corrected chi connectivity index (χ4v) is 7.43. The standard InChI is InChI=1S/C53H35N5/c1-5-15-38(16-6-1)48-35-49(39-17-7-2-8-18-39)55-50(54-48)42-29-25-36(26-30-42)44-33-34-45(47-24-14-13-23-46(44)47)37-27-31-43(32-28-37)53-57-51(40-19-9-3-10-20-40)56-52(58-53)41-21-11-4-12-22-41/h1-35H. The molecule has 5 heteroatoms. The van der Waals surface area contributed by atoms with E-state index in [1.54, 1.807) is 0 Å². The van der Waals surface area contributed by atoms with Crippen molar-refractivity contribution in [1.82, 2.24) is 24.9 Å². The minimum atomic E-state index is 0.636. The molecule has 2 aromatic heterocycles. The van der Waals surface area contributed by atoms with Crippen LogP contribution in [0.2, 0.25) is 0 Å². The van der Waals surface area contributed by atoms with E-state index in [4.69, 9.17) is 24.9 Å². The predicted molar refractivity (Wildman–Crippen MR) is 236 cm³/mol. The molecule has 5 nitrogen and oxygen atoms in total. The lowest BCUT2D eigenvalue weighted by Gasteiger charge is -2.13. The van der Waals surface area contributed by atoms with Crippen LogP contribution in [0.25, 0.3) is 101 Å². The highest BCUT2D eigenvalue weighted by atomic mass is 15.0. The van der Waals surface area contributed by atoms with Gasteiger partial charge in [-0.25, -0.2) is 24.9 Å². The molecule has 272 valence electrons. The predicted octanol–water partition coefficient (Wildman–Crippen LogP) is 13.2. The number of hydrogen-bond donors (Lipinski definition) is 0. The van der Waals surface area contributed by atoms with E-state index in [-0.39, 0.29) is 0 Å². The zero-order valence-corrected chi connectivity index (χ0v) is 31.4. The van der Waals surface area contributed by atoms with E-state index >= 15 is 0 Å². The number of fused-ring (bicyclic) bond motifs is 1. The molecule has 0 fully saturated rings. The molecule has 0 radical (unpaired) electrons. The monoisotopic (exact) mass is 741 g/mol. The molecular weight excluding hydrogens is 707 g/mol. The van der Waals surface area contributed by atoms with Gasteiger partial charge in [0, 0.05) is 33.4 Å². The van der Waals surface area contributed by atoms with Crippen molar-refractivity contribution in [3.05, 3.63) is 212 Å². The fraction of sp³-hybridized carbons (Fsp3) is 0. The molecule has 8 aromatic carbocycles. The topological polar surface area (TPSA) is 64.5 Å². The maximum atomic E-state index is 5.04. The van der Waals surface area contributed by atoms with E-state index in [1.165, 1.54) is 16.3 Å². The lowest BCUT2D eigenvalue weighted by atomic mass is 9.91. The second kappa shape index (κ2) is 15.3. The van der Waals surface area contributed by atoms with Crippen molar-refractivity contribution in [3.8, 4) is 90.3 Å². The summed E-state index contributed by atoms with van der Waals surface area (Å²) < 4.78 is 0. The van der Waals surface area contributed by atoms with Gasteiger partial charge in [-0.05, 0) is 39.1 Å². The Labute approximate surface area is 337 Å². The first kappa shape index (κ1) is 34.6. The Morgan fingerprint density at radius 3 is 0.845 bits per heavy atom. The first-order valence-corrected chi connectivity index (χ1v) is 19.3. The van der Waals surface area contributed by atoms with Crippen LogP contribution in [-0.2, 0) is 0 Å². The van der Waals surface area contributed by atoms with Crippen LogP contribution in [0.3, 0.4) is 0 Å². The highest BCUT2D eigenvalue weighted by Crippen LogP contribution is 2.37. The summed E-state index contributed by atoms with van der Waals surface area (Å²) in [5, 5.41) is 2.36. The van der Waals surface area contributed by atoms with Crippen molar-refractivity contribution < 1.29 is 0 Å². The van der Waals surface area contributed by atoms with Crippen LogP contribution in [0, 0.1) is 0 Å². The number of nitrogens with zero attached hydrogens (tertiary/aromatic N) is 5. The molecule has 0 atom stereocenters. The van der Waals surface area contributed by atoms with Gasteiger partial charge in [-0.2, -0.15) is 0 Å². The van der Waals surface area contributed by atoms with E-state index < -0.39 is 0 Å². The largest absolute Gasteiger partial charge is 0.228 e. The number of hydrogen-bond acceptors (Lipinski definition) is 5. The molecule has 0 aliphatic heterocycles. The van der Waals surface area contributed by atoms with Gasteiger partial charge in [0.1, 0.15) is 0 Å². The summed E-state index contributed by atoms with van der Waals surface area (Å²) in [4.78, 5) is 24.8. The van der Waals surface area contributed by atoms with Crippen LogP contribution < -0.4 is 0 Å². The molecule has 58 heavy (non-hydrogen) atoms. The molecule has 10 aromatic rings. The summed E-state index contributed by atoms with van der Waals surface area (Å²) in [6.07, 6.45) is 0. The molecule has 0 amide bonds. The molecular formula is C53H35N5. The van der Waals surface area contributed by atoms with Gasteiger partial charge in [-0.1, -0.05) is 206 Å². The van der Waals surface area contributed by atoms with Gasteiger partial charge in [0.25, 0.3) is 0 Å². The van der Waals surface area contributed by atoms with Crippen molar-refractivity contribution in [2.45, 2.75) is 0 Å². The van der Waals surface area contributed by atoms with Crippen LogP contribution in [0.1, 0.15) is 0 Å². The average Bonchev–Trinajstić information content (AvgIpc) is 3.32. The van der Waals surface area contributed by atoms with Gasteiger partial charge in [0.15, 0.2) is 23.3 Å². The summed E-state index contributed by atoms with van der Waals surface area (Å²) in [7, 11) is 0. The summed E-state index contributed by atoms with van der Waals surface area (Å²) in [5.74, 6) is 2.62. The Kier molecular flexibility index (Phi) is 9.14. The maximum Gasteiger partial charge on any atom is 0.164 e. The highest BCUT2D eigenvalue weighted by Gasteiger charge is 2.15. The van der Waals surface area contributed by atoms with Gasteiger partial charge < -0.3 is 0 Å². The third kappa shape index (κ3) is 6.93. The lowest BCUT2D eigenvalue weighted by molar-refractivity contribution is 1.07. The minimum absolute atomic E-state index is 0.636. The summed E-state index contributed by atoms with van der Waals surface area (Å²) in [5.41, 5.74) is 12.3. The molecule has 0 spiro atoms. The van der Waals surface area contributed by atoms with E-state index in [9.17, 15) is 0 Å². The van der Waals surface area contributed by atoms with E-state index in [2.05, 4.69) is 115 Å². The number of aromatic nitrogens is 5. The SMILES string of the molecule is c1ccc(-c2cc(-c3ccccc3)nc(-c3ccc(-c4ccc(-c5ccc(-c6nc(-c7ccccc7)nc(-c7ccccc7)n6)cc5)c5ccccc45)cc3)n2)cc1. The second-order valence-corrected chi connectivity index (χ2v) is 14.1. The average molecular weight is 742 g/mol. The summed E-state index contributed by atoms with van der Waals surface area (Å²) in [6.45, 7) is 0. The van der Waals surface area contributed by atoms with Crippen LogP contribution in [-0.4, -0.2) is 24.9 Å². The van der Waals surface area contributed by atoms with Gasteiger partial charge in [0.05, 0.1) is 11.4 Å². The fourth-order valence-electron chi connectivity index (χ4n) is 7.43. The van der Waals surface area contributed by atoms with Crippen LogP contribution in [0.15, 0.2) is 212 Å². The quantitative estimate of drug-likeness (QED) is 0.155. The molecule has 0 saturated heterocycles. The van der Waals surface area contributed by atoms with Gasteiger partial charge in [-0.15, -0.1) is 0 Å². The molecule has 0 N–H and O–H groups in total. The van der Waals surface area contributed by atoms with Crippen LogP contribution >= 0.6 is 0 Å². The second-order valence-electron chi connectivity index (χ2n) is 14.1. The van der Waals surface area contributed by atoms with Gasteiger partial charge >= 0.3 is 0 Å². The summed E-state index contributed by atoms with van der Waals surface area (Å²) in [6, 6.07) is 73.0. The third-order valence-corrected chi connectivity index (χ3v) is 10.4. The van der Waals surface area contributed by atoms with E-state index in [0.29, 0.717) is 23.3 Å². The molecule has 0 aliphatic rings. The molecule has 0 saturated carbocycles. The Hall–Kier alpha value is -7.89. The van der Waals surface area contributed by atoms with E-state index in [1.807, 2.05) is 97.1 Å². The van der Waals surface area contributed by atoms with E-state index in [0.717, 1.165) is 61.5 Å². The van der Waals surface area contributed by atoms with Crippen molar-refractivity contribution in [3.63, 3.8) is 0 Å². The first-order valence-electron chi connectivity index (χ1n) is 19.3. The third-order valence-electron chi connectivity index (χ3n) is 10.4. The van der Waals surface area contributed by atoms with Crippen molar-refractivity contribution in [2.24, 2.45) is 0 Å². The minimum Gasteiger partial charge on any atom is -0.228 e. The zero-order chi connectivity index (χ0) is 38.7. The summed E-state index contributed by atoms with van der Waals surface area (Å²) >= 11 is 0. The molecule has 0 unspecified atom stereocenters. The Morgan fingerprint density at radius 2 is 0.483 bits per heavy atom. The lowest BCUT2D eigenvalue weighted by Crippen LogP contribution is -2.00. The number of benzene rings is 8. The molecule has 0 bridgehead atoms. The number of rotatable bonds is 8. The Balaban J connectivity index is 0.983. The normalized spacial score (nSPS) is 11.1. The molecule has 10 rings (SSSR count). The van der Waals surface area contributed by atoms with Crippen LogP contribution in [0.5, 0.6) is 0 Å². The Morgan fingerprint density at radius 1 is 0.207 bits per heavy atom. The van der Waals surface area contributed by atoms with Gasteiger partial charge in [0.2, 0.25) is 0 Å². The molecule has 2 heterocycles. The van der Waals surface area contributed by atoms with Crippen molar-refractivity contribution in [2.75, 3.05) is 0 Å². The van der Waals surface area contributed by atoms with Crippen molar-refractivity contribution >= 4 is 10.8 Å². The van der Waals surface area contributed by atoms with Crippen LogP contribution in [0.4, 0.5) is 0 Å². The smallest absolute Gasteiger partial charge is 0.164 e. The Bertz CT molecular complexity index is 2680. The maximum absolute atomic E-state index is 5.04. The molecule has 0 aliphatic carbocycles. The van der Waals surface area contributed by atoms with Crippen molar-refractivity contribution in [1.29, 1.82) is 0 Å². The highest BCUT2D eigenvalue weighted by molar-refractivity contribution is 6.05. The first-order chi connectivity index (χ1) is 28.7.